The van der Waals surface area contributed by atoms with Crippen molar-refractivity contribution in [3.05, 3.63) is 0 Å². The standard InChI is InChI=1S/C13H25N3O/c1-16-8-7-14-10-12(16)13(17)15-9-11-5-3-2-4-6-11/h11-12,14H,2-10H2,1H3,(H,15,17). The quantitative estimate of drug-likeness (QED) is 0.757. The summed E-state index contributed by atoms with van der Waals surface area (Å²) in [5, 5.41) is 6.41. The van der Waals surface area contributed by atoms with Gasteiger partial charge in [-0.15, -0.1) is 0 Å². The Labute approximate surface area is 104 Å². The number of carbonyl (C=O) groups is 1. The number of carbonyl (C=O) groups excluding carboxylic acids is 1. The lowest BCUT2D eigenvalue weighted by molar-refractivity contribution is -0.126. The summed E-state index contributed by atoms with van der Waals surface area (Å²) in [6, 6.07) is 0.0207. The maximum atomic E-state index is 12.1. The van der Waals surface area contributed by atoms with Gasteiger partial charge in [-0.05, 0) is 25.8 Å². The summed E-state index contributed by atoms with van der Waals surface area (Å²) in [5.41, 5.74) is 0. The third-order valence-corrected chi connectivity index (χ3v) is 4.10. The lowest BCUT2D eigenvalue weighted by Crippen LogP contribution is -2.56. The maximum Gasteiger partial charge on any atom is 0.238 e. The average molecular weight is 239 g/mol. The second-order valence-electron chi connectivity index (χ2n) is 5.45. The molecule has 1 unspecified atom stereocenters. The molecule has 0 aromatic heterocycles. The molecule has 1 heterocycles. The van der Waals surface area contributed by atoms with Gasteiger partial charge in [-0.3, -0.25) is 9.69 Å². The molecule has 0 bridgehead atoms. The molecular formula is C13H25N3O. The lowest BCUT2D eigenvalue weighted by Gasteiger charge is -2.32. The third-order valence-electron chi connectivity index (χ3n) is 4.10. The molecule has 1 aliphatic carbocycles. The van der Waals surface area contributed by atoms with Crippen LogP contribution < -0.4 is 10.6 Å². The molecule has 98 valence electrons. The van der Waals surface area contributed by atoms with E-state index in [9.17, 15) is 4.79 Å². The number of likely N-dealkylation sites (N-methyl/N-ethyl adjacent to an activating group) is 1. The smallest absolute Gasteiger partial charge is 0.238 e. The summed E-state index contributed by atoms with van der Waals surface area (Å²) in [6.07, 6.45) is 6.63. The number of amides is 1. The lowest BCUT2D eigenvalue weighted by atomic mass is 9.89. The number of piperazine rings is 1. The van der Waals surface area contributed by atoms with Gasteiger partial charge < -0.3 is 10.6 Å². The Morgan fingerprint density at radius 2 is 2.12 bits per heavy atom. The van der Waals surface area contributed by atoms with Crippen LogP contribution in [0.1, 0.15) is 32.1 Å². The van der Waals surface area contributed by atoms with Crippen LogP contribution in [-0.4, -0.2) is 50.1 Å². The average Bonchev–Trinajstić information content (AvgIpc) is 2.38. The van der Waals surface area contributed by atoms with E-state index < -0.39 is 0 Å². The van der Waals surface area contributed by atoms with Crippen LogP contribution in [0.4, 0.5) is 0 Å². The van der Waals surface area contributed by atoms with Crippen molar-refractivity contribution in [2.45, 2.75) is 38.1 Å². The van der Waals surface area contributed by atoms with Gasteiger partial charge >= 0.3 is 0 Å². The summed E-state index contributed by atoms with van der Waals surface area (Å²) in [7, 11) is 2.03. The van der Waals surface area contributed by atoms with Gasteiger partial charge in [-0.1, -0.05) is 19.3 Å². The molecule has 1 saturated heterocycles. The van der Waals surface area contributed by atoms with E-state index in [1.54, 1.807) is 0 Å². The van der Waals surface area contributed by atoms with Crippen molar-refractivity contribution in [2.24, 2.45) is 5.92 Å². The Hall–Kier alpha value is -0.610. The predicted molar refractivity (Wildman–Crippen MR) is 68.9 cm³/mol. The molecule has 1 aliphatic heterocycles. The van der Waals surface area contributed by atoms with Gasteiger partial charge in [0.15, 0.2) is 0 Å². The molecule has 1 atom stereocenters. The van der Waals surface area contributed by atoms with Crippen molar-refractivity contribution in [3.8, 4) is 0 Å². The minimum atomic E-state index is 0.0207. The topological polar surface area (TPSA) is 44.4 Å². The van der Waals surface area contributed by atoms with Crippen LogP contribution in [0, 0.1) is 5.92 Å². The Morgan fingerprint density at radius 1 is 1.35 bits per heavy atom. The molecule has 0 aromatic carbocycles. The highest BCUT2D eigenvalue weighted by molar-refractivity contribution is 5.82. The number of nitrogens with zero attached hydrogens (tertiary/aromatic N) is 1. The molecule has 0 aromatic rings. The zero-order chi connectivity index (χ0) is 12.1. The molecule has 2 N–H and O–H groups in total. The molecule has 4 heteroatoms. The fourth-order valence-corrected chi connectivity index (χ4v) is 2.85. The SMILES string of the molecule is CN1CCNCC1C(=O)NCC1CCCCC1. The van der Waals surface area contributed by atoms with Gasteiger partial charge in [0.1, 0.15) is 6.04 Å². The van der Waals surface area contributed by atoms with Crippen molar-refractivity contribution in [1.29, 1.82) is 0 Å². The van der Waals surface area contributed by atoms with E-state index in [-0.39, 0.29) is 11.9 Å². The Bertz CT molecular complexity index is 251. The van der Waals surface area contributed by atoms with Crippen molar-refractivity contribution in [1.82, 2.24) is 15.5 Å². The van der Waals surface area contributed by atoms with E-state index in [0.717, 1.165) is 32.1 Å². The van der Waals surface area contributed by atoms with Gasteiger partial charge in [0.05, 0.1) is 0 Å². The second-order valence-corrected chi connectivity index (χ2v) is 5.45. The molecule has 17 heavy (non-hydrogen) atoms. The van der Waals surface area contributed by atoms with Gasteiger partial charge in [-0.2, -0.15) is 0 Å². The first-order valence-corrected chi connectivity index (χ1v) is 6.96. The number of hydrogen-bond acceptors (Lipinski definition) is 3. The summed E-state index contributed by atoms with van der Waals surface area (Å²) in [5.74, 6) is 0.917. The Balaban J connectivity index is 1.72. The molecule has 0 spiro atoms. The van der Waals surface area contributed by atoms with Crippen molar-refractivity contribution in [3.63, 3.8) is 0 Å². The number of nitrogens with one attached hydrogen (secondary N) is 2. The van der Waals surface area contributed by atoms with E-state index in [0.29, 0.717) is 0 Å². The van der Waals surface area contributed by atoms with Crippen LogP contribution in [0.15, 0.2) is 0 Å². The molecule has 4 nitrogen and oxygen atoms in total. The number of rotatable bonds is 3. The van der Waals surface area contributed by atoms with Crippen LogP contribution in [0.5, 0.6) is 0 Å². The summed E-state index contributed by atoms with van der Waals surface area (Å²) in [6.45, 7) is 3.61. The van der Waals surface area contributed by atoms with Crippen molar-refractivity contribution >= 4 is 5.91 Å². The molecule has 2 aliphatic rings. The van der Waals surface area contributed by atoms with Crippen LogP contribution >= 0.6 is 0 Å². The molecule has 2 rings (SSSR count). The van der Waals surface area contributed by atoms with Gasteiger partial charge in [0.25, 0.3) is 0 Å². The van der Waals surface area contributed by atoms with Crippen LogP contribution in [-0.2, 0) is 4.79 Å². The molecule has 2 fully saturated rings. The third kappa shape index (κ3) is 3.68. The predicted octanol–water partition coefficient (Wildman–Crippen LogP) is 0.586. The molecular weight excluding hydrogens is 214 g/mol. The van der Waals surface area contributed by atoms with E-state index in [1.807, 2.05) is 7.05 Å². The zero-order valence-electron chi connectivity index (χ0n) is 10.9. The number of hydrogen-bond donors (Lipinski definition) is 2. The van der Waals surface area contributed by atoms with E-state index in [4.69, 9.17) is 0 Å². The van der Waals surface area contributed by atoms with E-state index in [2.05, 4.69) is 15.5 Å². The Kier molecular flexibility index (Phi) is 4.80. The summed E-state index contributed by atoms with van der Waals surface area (Å²) < 4.78 is 0. The monoisotopic (exact) mass is 239 g/mol. The maximum absolute atomic E-state index is 12.1. The minimum absolute atomic E-state index is 0.0207. The van der Waals surface area contributed by atoms with Gasteiger partial charge in [0, 0.05) is 26.2 Å². The molecule has 1 saturated carbocycles. The first kappa shape index (κ1) is 12.8. The van der Waals surface area contributed by atoms with Gasteiger partial charge in [0.2, 0.25) is 5.91 Å². The highest BCUT2D eigenvalue weighted by atomic mass is 16.2. The van der Waals surface area contributed by atoms with Crippen molar-refractivity contribution < 1.29 is 4.79 Å². The van der Waals surface area contributed by atoms with E-state index in [1.165, 1.54) is 32.1 Å². The second kappa shape index (κ2) is 6.36. The highest BCUT2D eigenvalue weighted by Gasteiger charge is 2.26. The fourth-order valence-electron chi connectivity index (χ4n) is 2.85. The van der Waals surface area contributed by atoms with Crippen LogP contribution in [0.3, 0.4) is 0 Å². The summed E-state index contributed by atoms with van der Waals surface area (Å²) in [4.78, 5) is 14.2. The van der Waals surface area contributed by atoms with Crippen LogP contribution in [0.25, 0.3) is 0 Å². The van der Waals surface area contributed by atoms with Gasteiger partial charge in [-0.25, -0.2) is 0 Å². The fraction of sp³-hybridized carbons (Fsp3) is 0.923. The van der Waals surface area contributed by atoms with E-state index >= 15 is 0 Å². The van der Waals surface area contributed by atoms with Crippen molar-refractivity contribution in [2.75, 3.05) is 33.2 Å². The zero-order valence-corrected chi connectivity index (χ0v) is 10.9. The highest BCUT2D eigenvalue weighted by Crippen LogP contribution is 2.22. The van der Waals surface area contributed by atoms with Crippen LogP contribution in [0.2, 0.25) is 0 Å². The Morgan fingerprint density at radius 3 is 2.82 bits per heavy atom. The largest absolute Gasteiger partial charge is 0.354 e. The first-order valence-electron chi connectivity index (χ1n) is 6.96. The normalized spacial score (nSPS) is 27.9. The molecule has 1 amide bonds. The molecule has 0 radical (unpaired) electrons. The first-order chi connectivity index (χ1) is 8.27. The minimum Gasteiger partial charge on any atom is -0.354 e. The summed E-state index contributed by atoms with van der Waals surface area (Å²) >= 11 is 0.